The lowest BCUT2D eigenvalue weighted by Crippen LogP contribution is -2.21. The van der Waals surface area contributed by atoms with Gasteiger partial charge in [0.1, 0.15) is 0 Å². The lowest BCUT2D eigenvalue weighted by molar-refractivity contribution is 0.251. The van der Waals surface area contributed by atoms with Crippen molar-refractivity contribution in [3.63, 3.8) is 0 Å². The second-order valence-corrected chi connectivity index (χ2v) is 4.33. The number of halogens is 1. The van der Waals surface area contributed by atoms with E-state index < -0.39 is 0 Å². The SMILES string of the molecule is CC(C)CN1Cc2ccccc2C1.Cl. The van der Waals surface area contributed by atoms with E-state index in [-0.39, 0.29) is 12.4 Å². The molecule has 1 aliphatic rings. The van der Waals surface area contributed by atoms with Crippen LogP contribution in [0.3, 0.4) is 0 Å². The van der Waals surface area contributed by atoms with Crippen molar-refractivity contribution in [1.82, 2.24) is 4.90 Å². The molecule has 1 aliphatic heterocycles. The van der Waals surface area contributed by atoms with Crippen LogP contribution >= 0.6 is 12.4 Å². The Morgan fingerprint density at radius 3 is 2.07 bits per heavy atom. The van der Waals surface area contributed by atoms with E-state index in [9.17, 15) is 0 Å². The van der Waals surface area contributed by atoms with Gasteiger partial charge >= 0.3 is 0 Å². The maximum Gasteiger partial charge on any atom is 0.0240 e. The molecule has 2 heteroatoms. The Morgan fingerprint density at radius 2 is 1.64 bits per heavy atom. The van der Waals surface area contributed by atoms with E-state index >= 15 is 0 Å². The van der Waals surface area contributed by atoms with Crippen molar-refractivity contribution in [2.75, 3.05) is 6.54 Å². The van der Waals surface area contributed by atoms with E-state index in [0.29, 0.717) is 0 Å². The Balaban J connectivity index is 0.000000980. The average Bonchev–Trinajstić information content (AvgIpc) is 2.44. The highest BCUT2D eigenvalue weighted by molar-refractivity contribution is 5.85. The van der Waals surface area contributed by atoms with Gasteiger partial charge in [-0.2, -0.15) is 0 Å². The fourth-order valence-electron chi connectivity index (χ4n) is 2.05. The topological polar surface area (TPSA) is 3.24 Å². The molecule has 0 aliphatic carbocycles. The molecule has 0 saturated heterocycles. The van der Waals surface area contributed by atoms with E-state index in [1.807, 2.05) is 0 Å². The van der Waals surface area contributed by atoms with Gasteiger partial charge < -0.3 is 0 Å². The zero-order valence-electron chi connectivity index (χ0n) is 8.86. The van der Waals surface area contributed by atoms with Crippen molar-refractivity contribution in [3.8, 4) is 0 Å². The minimum Gasteiger partial charge on any atom is -0.295 e. The summed E-state index contributed by atoms with van der Waals surface area (Å²) in [6.07, 6.45) is 0. The van der Waals surface area contributed by atoms with Gasteiger partial charge in [-0.25, -0.2) is 0 Å². The van der Waals surface area contributed by atoms with Gasteiger partial charge in [-0.1, -0.05) is 38.1 Å². The van der Waals surface area contributed by atoms with Crippen LogP contribution in [0.5, 0.6) is 0 Å². The monoisotopic (exact) mass is 211 g/mol. The summed E-state index contributed by atoms with van der Waals surface area (Å²) < 4.78 is 0. The molecule has 1 nitrogen and oxygen atoms in total. The first kappa shape index (κ1) is 11.5. The summed E-state index contributed by atoms with van der Waals surface area (Å²) in [6, 6.07) is 8.76. The molecule has 0 bridgehead atoms. The Kier molecular flexibility index (Phi) is 3.97. The van der Waals surface area contributed by atoms with E-state index in [1.54, 1.807) is 0 Å². The van der Waals surface area contributed by atoms with Crippen molar-refractivity contribution in [3.05, 3.63) is 35.4 Å². The van der Waals surface area contributed by atoms with E-state index in [2.05, 4.69) is 43.0 Å². The second kappa shape index (κ2) is 4.81. The van der Waals surface area contributed by atoms with Gasteiger partial charge in [0.25, 0.3) is 0 Å². The number of hydrogen-bond donors (Lipinski definition) is 0. The quantitative estimate of drug-likeness (QED) is 0.727. The van der Waals surface area contributed by atoms with Crippen molar-refractivity contribution in [1.29, 1.82) is 0 Å². The highest BCUT2D eigenvalue weighted by Crippen LogP contribution is 2.22. The van der Waals surface area contributed by atoms with Crippen molar-refractivity contribution >= 4 is 12.4 Å². The van der Waals surface area contributed by atoms with Crippen molar-refractivity contribution in [2.45, 2.75) is 26.9 Å². The molecule has 0 amide bonds. The minimum atomic E-state index is 0. The van der Waals surface area contributed by atoms with Crippen molar-refractivity contribution in [2.24, 2.45) is 5.92 Å². The van der Waals surface area contributed by atoms with Crippen LogP contribution in [-0.4, -0.2) is 11.4 Å². The van der Waals surface area contributed by atoms with Gasteiger partial charge in [0.05, 0.1) is 0 Å². The fourth-order valence-corrected chi connectivity index (χ4v) is 2.05. The zero-order valence-corrected chi connectivity index (χ0v) is 9.68. The highest BCUT2D eigenvalue weighted by atomic mass is 35.5. The number of fused-ring (bicyclic) bond motifs is 1. The van der Waals surface area contributed by atoms with Gasteiger partial charge in [0, 0.05) is 19.6 Å². The molecule has 0 aromatic heterocycles. The number of rotatable bonds is 2. The van der Waals surface area contributed by atoms with Gasteiger partial charge in [0.15, 0.2) is 0 Å². The van der Waals surface area contributed by atoms with Gasteiger partial charge in [-0.05, 0) is 17.0 Å². The lowest BCUT2D eigenvalue weighted by atomic mass is 10.1. The van der Waals surface area contributed by atoms with Crippen LogP contribution in [0, 0.1) is 5.92 Å². The molecule has 78 valence electrons. The molecule has 0 atom stereocenters. The normalized spacial score (nSPS) is 15.4. The van der Waals surface area contributed by atoms with Crippen LogP contribution in [0.1, 0.15) is 25.0 Å². The Hall–Kier alpha value is -0.530. The average molecular weight is 212 g/mol. The Bertz CT molecular complexity index is 271. The number of hydrogen-bond acceptors (Lipinski definition) is 1. The van der Waals surface area contributed by atoms with Gasteiger partial charge in [0.2, 0.25) is 0 Å². The first-order valence-corrected chi connectivity index (χ1v) is 5.05. The molecule has 1 heterocycles. The van der Waals surface area contributed by atoms with Crippen LogP contribution in [0.15, 0.2) is 24.3 Å². The van der Waals surface area contributed by atoms with Crippen LogP contribution in [-0.2, 0) is 13.1 Å². The predicted molar refractivity (Wildman–Crippen MR) is 62.6 cm³/mol. The number of nitrogens with zero attached hydrogens (tertiary/aromatic N) is 1. The summed E-state index contributed by atoms with van der Waals surface area (Å²) in [5, 5.41) is 0. The third kappa shape index (κ3) is 2.49. The van der Waals surface area contributed by atoms with Crippen LogP contribution in [0.25, 0.3) is 0 Å². The van der Waals surface area contributed by atoms with E-state index in [0.717, 1.165) is 19.0 Å². The summed E-state index contributed by atoms with van der Waals surface area (Å²) in [4.78, 5) is 2.52. The van der Waals surface area contributed by atoms with Crippen LogP contribution in [0.2, 0.25) is 0 Å². The Morgan fingerprint density at radius 1 is 1.14 bits per heavy atom. The Labute approximate surface area is 92.5 Å². The standard InChI is InChI=1S/C12H17N.ClH/c1-10(2)7-13-8-11-5-3-4-6-12(11)9-13;/h3-6,10H,7-9H2,1-2H3;1H. The zero-order chi connectivity index (χ0) is 9.26. The summed E-state index contributed by atoms with van der Waals surface area (Å²) in [6.45, 7) is 8.07. The predicted octanol–water partition coefficient (Wildman–Crippen LogP) is 3.08. The maximum atomic E-state index is 2.52. The molecule has 14 heavy (non-hydrogen) atoms. The van der Waals surface area contributed by atoms with Crippen molar-refractivity contribution < 1.29 is 0 Å². The smallest absolute Gasteiger partial charge is 0.0240 e. The number of benzene rings is 1. The lowest BCUT2D eigenvalue weighted by Gasteiger charge is -2.16. The highest BCUT2D eigenvalue weighted by Gasteiger charge is 2.17. The maximum absolute atomic E-state index is 2.52. The largest absolute Gasteiger partial charge is 0.295 e. The van der Waals surface area contributed by atoms with E-state index in [1.165, 1.54) is 17.7 Å². The van der Waals surface area contributed by atoms with Gasteiger partial charge in [-0.15, -0.1) is 12.4 Å². The third-order valence-electron chi connectivity index (χ3n) is 2.53. The summed E-state index contributed by atoms with van der Waals surface area (Å²) in [5.74, 6) is 0.773. The molecule has 0 spiro atoms. The molecular formula is C12H18ClN. The van der Waals surface area contributed by atoms with E-state index in [4.69, 9.17) is 0 Å². The molecule has 0 radical (unpaired) electrons. The first-order valence-electron chi connectivity index (χ1n) is 5.05. The van der Waals surface area contributed by atoms with Crippen LogP contribution < -0.4 is 0 Å². The molecular weight excluding hydrogens is 194 g/mol. The second-order valence-electron chi connectivity index (χ2n) is 4.33. The summed E-state index contributed by atoms with van der Waals surface area (Å²) in [5.41, 5.74) is 3.03. The molecule has 2 rings (SSSR count). The fraction of sp³-hybridized carbons (Fsp3) is 0.500. The third-order valence-corrected chi connectivity index (χ3v) is 2.53. The van der Waals surface area contributed by atoms with Gasteiger partial charge in [-0.3, -0.25) is 4.90 Å². The molecule has 1 aromatic carbocycles. The van der Waals surface area contributed by atoms with Crippen LogP contribution in [0.4, 0.5) is 0 Å². The first-order chi connectivity index (χ1) is 6.25. The molecule has 0 saturated carbocycles. The summed E-state index contributed by atoms with van der Waals surface area (Å²) >= 11 is 0. The molecule has 0 fully saturated rings. The minimum absolute atomic E-state index is 0. The molecule has 0 unspecified atom stereocenters. The molecule has 0 N–H and O–H groups in total. The molecule has 1 aromatic rings. The summed E-state index contributed by atoms with van der Waals surface area (Å²) in [7, 11) is 0.